The number of hydrogen-bond donors (Lipinski definition) is 1. The van der Waals surface area contributed by atoms with Crippen LogP contribution >= 0.6 is 11.3 Å². The highest BCUT2D eigenvalue weighted by Crippen LogP contribution is 2.26. The average Bonchev–Trinajstić information content (AvgIpc) is 2.86. The van der Waals surface area contributed by atoms with Crippen LogP contribution in [-0.2, 0) is 17.6 Å². The van der Waals surface area contributed by atoms with Crippen LogP contribution in [0.15, 0.2) is 30.5 Å². The monoisotopic (exact) mass is 305 g/mol. The first-order valence-electron chi connectivity index (χ1n) is 6.93. The summed E-state index contributed by atoms with van der Waals surface area (Å²) < 4.78 is 5.84. The Bertz CT molecular complexity index is 607. The van der Waals surface area contributed by atoms with Gasteiger partial charge in [0.15, 0.2) is 0 Å². The number of carbonyl (C=O) groups is 1. The molecule has 2 rings (SSSR count). The summed E-state index contributed by atoms with van der Waals surface area (Å²) in [6.45, 7) is 4.83. The number of carboxylic acid groups (broad SMARTS) is 1. The molecule has 0 bridgehead atoms. The maximum atomic E-state index is 10.6. The first-order chi connectivity index (χ1) is 10.1. The van der Waals surface area contributed by atoms with Gasteiger partial charge in [-0.1, -0.05) is 32.0 Å². The van der Waals surface area contributed by atoms with Crippen molar-refractivity contribution in [3.8, 4) is 5.75 Å². The van der Waals surface area contributed by atoms with Crippen molar-refractivity contribution in [1.29, 1.82) is 0 Å². The molecular weight excluding hydrogens is 286 g/mol. The van der Waals surface area contributed by atoms with Crippen LogP contribution in [0.4, 0.5) is 0 Å². The second-order valence-electron chi connectivity index (χ2n) is 5.08. The molecule has 5 heteroatoms. The van der Waals surface area contributed by atoms with Crippen LogP contribution in [0.3, 0.4) is 0 Å². The van der Waals surface area contributed by atoms with E-state index in [1.54, 1.807) is 6.20 Å². The number of hydrogen-bond acceptors (Lipinski definition) is 4. The number of aromatic nitrogens is 1. The van der Waals surface area contributed by atoms with E-state index < -0.39 is 5.97 Å². The quantitative estimate of drug-likeness (QED) is 0.850. The van der Waals surface area contributed by atoms with Gasteiger partial charge in [0.25, 0.3) is 0 Å². The van der Waals surface area contributed by atoms with E-state index >= 15 is 0 Å². The Balaban J connectivity index is 1.90. The minimum atomic E-state index is -0.827. The molecule has 0 atom stereocenters. The van der Waals surface area contributed by atoms with Gasteiger partial charge >= 0.3 is 5.97 Å². The normalized spacial score (nSPS) is 10.8. The highest BCUT2D eigenvalue weighted by Gasteiger charge is 2.08. The van der Waals surface area contributed by atoms with Gasteiger partial charge in [0.1, 0.15) is 5.75 Å². The smallest absolute Gasteiger partial charge is 0.308 e. The zero-order valence-electron chi connectivity index (χ0n) is 12.2. The molecule has 1 aromatic heterocycles. The van der Waals surface area contributed by atoms with E-state index in [1.807, 2.05) is 18.2 Å². The second-order valence-corrected chi connectivity index (χ2v) is 6.28. The van der Waals surface area contributed by atoms with Crippen LogP contribution in [0, 0.1) is 0 Å². The molecule has 1 N–H and O–H groups in total. The number of benzene rings is 1. The Labute approximate surface area is 128 Å². The Hall–Kier alpha value is -1.88. The minimum absolute atomic E-state index is 0.0364. The van der Waals surface area contributed by atoms with E-state index in [4.69, 9.17) is 9.84 Å². The molecule has 0 unspecified atom stereocenters. The van der Waals surface area contributed by atoms with Crippen LogP contribution < -0.4 is 4.74 Å². The second kappa shape index (κ2) is 7.22. The molecule has 2 aromatic rings. The van der Waals surface area contributed by atoms with Crippen LogP contribution in [0.1, 0.15) is 35.2 Å². The van der Waals surface area contributed by atoms with Crippen molar-refractivity contribution in [1.82, 2.24) is 4.98 Å². The largest absolute Gasteiger partial charge is 0.493 e. The van der Waals surface area contributed by atoms with Gasteiger partial charge in [0.2, 0.25) is 0 Å². The summed E-state index contributed by atoms with van der Waals surface area (Å²) in [5.41, 5.74) is 1.20. The summed E-state index contributed by atoms with van der Waals surface area (Å²) >= 11 is 1.43. The van der Waals surface area contributed by atoms with Crippen LogP contribution in [0.2, 0.25) is 0 Å². The fourth-order valence-corrected chi connectivity index (χ4v) is 2.93. The summed E-state index contributed by atoms with van der Waals surface area (Å²) in [6.07, 6.45) is 2.36. The summed E-state index contributed by atoms with van der Waals surface area (Å²) in [4.78, 5) is 15.6. The van der Waals surface area contributed by atoms with Crippen molar-refractivity contribution < 1.29 is 14.6 Å². The zero-order chi connectivity index (χ0) is 15.2. The third kappa shape index (κ3) is 4.56. The molecule has 4 nitrogen and oxygen atoms in total. The number of thiazole rings is 1. The van der Waals surface area contributed by atoms with Gasteiger partial charge in [0.05, 0.1) is 18.0 Å². The first-order valence-corrected chi connectivity index (χ1v) is 7.75. The molecule has 1 heterocycles. The lowest BCUT2D eigenvalue weighted by Gasteiger charge is -2.13. The van der Waals surface area contributed by atoms with Crippen molar-refractivity contribution >= 4 is 17.3 Å². The average molecular weight is 305 g/mol. The van der Waals surface area contributed by atoms with E-state index in [0.717, 1.165) is 15.6 Å². The molecule has 0 amide bonds. The molecule has 0 saturated heterocycles. The minimum Gasteiger partial charge on any atom is -0.493 e. The van der Waals surface area contributed by atoms with Gasteiger partial charge in [-0.3, -0.25) is 4.79 Å². The number of rotatable bonds is 7. The fraction of sp³-hybridized carbons (Fsp3) is 0.375. The fourth-order valence-electron chi connectivity index (χ4n) is 2.03. The first kappa shape index (κ1) is 15.5. The topological polar surface area (TPSA) is 59.4 Å². The van der Waals surface area contributed by atoms with E-state index in [1.165, 1.54) is 16.9 Å². The molecule has 0 fully saturated rings. The van der Waals surface area contributed by atoms with E-state index in [9.17, 15) is 4.79 Å². The van der Waals surface area contributed by atoms with Crippen LogP contribution in [0.25, 0.3) is 0 Å². The van der Waals surface area contributed by atoms with E-state index in [-0.39, 0.29) is 6.42 Å². The summed E-state index contributed by atoms with van der Waals surface area (Å²) in [7, 11) is 0. The Morgan fingerprint density at radius 2 is 2.14 bits per heavy atom. The maximum Gasteiger partial charge on any atom is 0.308 e. The van der Waals surface area contributed by atoms with Crippen molar-refractivity contribution in [3.05, 3.63) is 45.9 Å². The number of nitrogens with zero attached hydrogens (tertiary/aromatic N) is 1. The number of aliphatic carboxylic acids is 1. The van der Waals surface area contributed by atoms with Crippen molar-refractivity contribution in [2.24, 2.45) is 0 Å². The molecular formula is C16H19NO3S. The predicted octanol–water partition coefficient (Wildman–Crippen LogP) is 3.52. The van der Waals surface area contributed by atoms with Crippen LogP contribution in [-0.4, -0.2) is 22.7 Å². The molecule has 0 saturated carbocycles. The lowest BCUT2D eigenvalue weighted by molar-refractivity contribution is -0.136. The Morgan fingerprint density at radius 3 is 2.86 bits per heavy atom. The van der Waals surface area contributed by atoms with Crippen molar-refractivity contribution in [2.45, 2.75) is 32.6 Å². The molecule has 0 spiro atoms. The number of carboxylic acids is 1. The van der Waals surface area contributed by atoms with Gasteiger partial charge in [-0.2, -0.15) is 0 Å². The highest BCUT2D eigenvalue weighted by atomic mass is 32.1. The lowest BCUT2D eigenvalue weighted by Crippen LogP contribution is -2.03. The highest BCUT2D eigenvalue weighted by molar-refractivity contribution is 7.11. The van der Waals surface area contributed by atoms with Crippen molar-refractivity contribution in [2.75, 3.05) is 6.61 Å². The number of ether oxygens (including phenoxy) is 1. The van der Waals surface area contributed by atoms with E-state index in [2.05, 4.69) is 24.9 Å². The summed E-state index contributed by atoms with van der Waals surface area (Å²) in [5.74, 6) is 0.505. The maximum absolute atomic E-state index is 10.6. The Morgan fingerprint density at radius 1 is 1.38 bits per heavy atom. The van der Waals surface area contributed by atoms with Crippen LogP contribution in [0.5, 0.6) is 5.75 Å². The Kier molecular flexibility index (Phi) is 5.33. The third-order valence-corrected chi connectivity index (χ3v) is 4.10. The predicted molar refractivity (Wildman–Crippen MR) is 83.2 cm³/mol. The summed E-state index contributed by atoms with van der Waals surface area (Å²) in [5, 5.41) is 9.65. The van der Waals surface area contributed by atoms with Gasteiger partial charge in [0, 0.05) is 17.5 Å². The van der Waals surface area contributed by atoms with Gasteiger partial charge < -0.3 is 9.84 Å². The molecule has 0 radical (unpaired) electrons. The molecule has 112 valence electrons. The molecule has 0 aliphatic heterocycles. The van der Waals surface area contributed by atoms with E-state index in [0.29, 0.717) is 18.9 Å². The van der Waals surface area contributed by atoms with Gasteiger partial charge in [-0.25, -0.2) is 4.98 Å². The SMILES string of the molecule is CC(C)c1ccccc1OCCc1ncc(CC(=O)O)s1. The van der Waals surface area contributed by atoms with Gasteiger partial charge in [-0.05, 0) is 17.5 Å². The van der Waals surface area contributed by atoms with Crippen molar-refractivity contribution in [3.63, 3.8) is 0 Å². The zero-order valence-corrected chi connectivity index (χ0v) is 13.0. The van der Waals surface area contributed by atoms with Gasteiger partial charge in [-0.15, -0.1) is 11.3 Å². The molecule has 0 aliphatic carbocycles. The molecule has 0 aliphatic rings. The lowest BCUT2D eigenvalue weighted by atomic mass is 10.0. The summed E-state index contributed by atoms with van der Waals surface area (Å²) in [6, 6.07) is 8.04. The molecule has 21 heavy (non-hydrogen) atoms. The molecule has 1 aromatic carbocycles. The standard InChI is InChI=1S/C16H19NO3S/c1-11(2)13-5-3-4-6-14(13)20-8-7-15-17-10-12(21-15)9-16(18)19/h3-6,10-11H,7-9H2,1-2H3,(H,18,19). The third-order valence-electron chi connectivity index (χ3n) is 3.04. The number of para-hydroxylation sites is 1.